The van der Waals surface area contributed by atoms with Crippen molar-refractivity contribution in [3.05, 3.63) is 101 Å². The highest BCUT2D eigenvalue weighted by molar-refractivity contribution is 5.94. The van der Waals surface area contributed by atoms with Crippen molar-refractivity contribution in [2.24, 2.45) is 5.10 Å². The molecule has 0 spiro atoms. The average molecular weight is 348 g/mol. The van der Waals surface area contributed by atoms with Crippen LogP contribution in [-0.4, -0.2) is 12.1 Å². The van der Waals surface area contributed by atoms with Crippen molar-refractivity contribution in [3.8, 4) is 5.75 Å². The molecule has 3 aromatic rings. The van der Waals surface area contributed by atoms with Gasteiger partial charge in [0, 0.05) is 5.56 Å². The SMILES string of the molecule is O=C(N/N=C/c1ccc(OCc2ccccc2)cc1)c1cccc(F)c1. The molecule has 0 aliphatic carbocycles. The van der Waals surface area contributed by atoms with Crippen LogP contribution in [0.3, 0.4) is 0 Å². The zero-order chi connectivity index (χ0) is 18.2. The highest BCUT2D eigenvalue weighted by Crippen LogP contribution is 2.13. The Bertz CT molecular complexity index is 893. The minimum atomic E-state index is -0.469. The molecule has 3 rings (SSSR count). The summed E-state index contributed by atoms with van der Waals surface area (Å²) in [5.41, 5.74) is 4.48. The summed E-state index contributed by atoms with van der Waals surface area (Å²) in [6.07, 6.45) is 1.51. The van der Waals surface area contributed by atoms with Gasteiger partial charge >= 0.3 is 0 Å². The molecule has 1 N–H and O–H groups in total. The van der Waals surface area contributed by atoms with Gasteiger partial charge in [-0.2, -0.15) is 5.10 Å². The molecule has 3 aromatic carbocycles. The number of carbonyl (C=O) groups is 1. The predicted octanol–water partition coefficient (Wildman–Crippen LogP) is 4.17. The van der Waals surface area contributed by atoms with Crippen molar-refractivity contribution in [3.63, 3.8) is 0 Å². The fourth-order valence-electron chi connectivity index (χ4n) is 2.25. The number of hydrogen-bond donors (Lipinski definition) is 1. The number of halogens is 1. The normalized spacial score (nSPS) is 10.7. The first-order valence-electron chi connectivity index (χ1n) is 8.06. The van der Waals surface area contributed by atoms with Crippen molar-refractivity contribution in [1.29, 1.82) is 0 Å². The molecule has 0 unspecified atom stereocenters. The van der Waals surface area contributed by atoms with Crippen LogP contribution in [0.15, 0.2) is 84.0 Å². The summed E-state index contributed by atoms with van der Waals surface area (Å²) in [6, 6.07) is 22.7. The standard InChI is InChI=1S/C21H17FN2O2/c22-19-8-4-7-18(13-19)21(25)24-23-14-16-9-11-20(12-10-16)26-15-17-5-2-1-3-6-17/h1-14H,15H2,(H,24,25)/b23-14+. The van der Waals surface area contributed by atoms with Gasteiger partial charge in [-0.1, -0.05) is 36.4 Å². The second kappa shape index (κ2) is 8.58. The Labute approximate surface area is 150 Å². The molecular weight excluding hydrogens is 331 g/mol. The highest BCUT2D eigenvalue weighted by Gasteiger charge is 2.04. The lowest BCUT2D eigenvalue weighted by atomic mass is 10.2. The van der Waals surface area contributed by atoms with E-state index in [0.29, 0.717) is 6.61 Å². The molecule has 1 amide bonds. The largest absolute Gasteiger partial charge is 0.489 e. The number of ether oxygens (including phenoxy) is 1. The van der Waals surface area contributed by atoms with Gasteiger partial charge in [0.1, 0.15) is 18.2 Å². The Hall–Kier alpha value is -3.47. The molecule has 4 nitrogen and oxygen atoms in total. The van der Waals surface area contributed by atoms with E-state index in [1.807, 2.05) is 54.6 Å². The zero-order valence-electron chi connectivity index (χ0n) is 13.9. The molecule has 0 bridgehead atoms. The Balaban J connectivity index is 1.52. The van der Waals surface area contributed by atoms with Gasteiger partial charge in [-0.15, -0.1) is 0 Å². The van der Waals surface area contributed by atoms with E-state index in [4.69, 9.17) is 4.74 Å². The summed E-state index contributed by atoms with van der Waals surface area (Å²) in [4.78, 5) is 11.8. The van der Waals surface area contributed by atoms with E-state index in [2.05, 4.69) is 10.5 Å². The first-order chi connectivity index (χ1) is 12.7. The maximum atomic E-state index is 13.1. The van der Waals surface area contributed by atoms with E-state index in [1.165, 1.54) is 24.4 Å². The summed E-state index contributed by atoms with van der Waals surface area (Å²) in [7, 11) is 0. The Kier molecular flexibility index (Phi) is 5.72. The summed E-state index contributed by atoms with van der Waals surface area (Å²) in [6.45, 7) is 0.498. The number of nitrogens with one attached hydrogen (secondary N) is 1. The average Bonchev–Trinajstić information content (AvgIpc) is 2.68. The monoisotopic (exact) mass is 348 g/mol. The van der Waals surface area contributed by atoms with E-state index in [9.17, 15) is 9.18 Å². The molecule has 130 valence electrons. The van der Waals surface area contributed by atoms with E-state index in [1.54, 1.807) is 0 Å². The van der Waals surface area contributed by atoms with Crippen LogP contribution in [0, 0.1) is 5.82 Å². The molecule has 0 aromatic heterocycles. The fraction of sp³-hybridized carbons (Fsp3) is 0.0476. The van der Waals surface area contributed by atoms with E-state index < -0.39 is 11.7 Å². The molecule has 0 heterocycles. The molecule has 0 saturated carbocycles. The number of amides is 1. The topological polar surface area (TPSA) is 50.7 Å². The Morgan fingerprint density at radius 3 is 2.50 bits per heavy atom. The lowest BCUT2D eigenvalue weighted by Crippen LogP contribution is -2.17. The number of benzene rings is 3. The van der Waals surface area contributed by atoms with Gasteiger partial charge in [0.2, 0.25) is 0 Å². The first-order valence-corrected chi connectivity index (χ1v) is 8.06. The number of hydrogen-bond acceptors (Lipinski definition) is 3. The maximum Gasteiger partial charge on any atom is 0.271 e. The molecule has 0 aliphatic rings. The molecule has 26 heavy (non-hydrogen) atoms. The van der Waals surface area contributed by atoms with Crippen LogP contribution >= 0.6 is 0 Å². The van der Waals surface area contributed by atoms with Gasteiger partial charge in [-0.05, 0) is 53.6 Å². The smallest absolute Gasteiger partial charge is 0.271 e. The fourth-order valence-corrected chi connectivity index (χ4v) is 2.25. The molecule has 5 heteroatoms. The molecule has 0 fully saturated rings. The maximum absolute atomic E-state index is 13.1. The van der Waals surface area contributed by atoms with Crippen LogP contribution in [0.25, 0.3) is 0 Å². The van der Waals surface area contributed by atoms with Crippen LogP contribution < -0.4 is 10.2 Å². The molecule has 0 aliphatic heterocycles. The van der Waals surface area contributed by atoms with Gasteiger partial charge < -0.3 is 4.74 Å². The van der Waals surface area contributed by atoms with Gasteiger partial charge in [0.25, 0.3) is 5.91 Å². The summed E-state index contributed by atoms with van der Waals surface area (Å²) in [5, 5.41) is 3.88. The second-order valence-electron chi connectivity index (χ2n) is 5.55. The molecule has 0 saturated heterocycles. The Morgan fingerprint density at radius 1 is 1.00 bits per heavy atom. The van der Waals surface area contributed by atoms with Crippen molar-refractivity contribution >= 4 is 12.1 Å². The van der Waals surface area contributed by atoms with Crippen LogP contribution in [0.5, 0.6) is 5.75 Å². The summed E-state index contributed by atoms with van der Waals surface area (Å²) in [5.74, 6) is -0.189. The van der Waals surface area contributed by atoms with Crippen LogP contribution in [-0.2, 0) is 6.61 Å². The van der Waals surface area contributed by atoms with Gasteiger partial charge in [-0.3, -0.25) is 4.79 Å². The van der Waals surface area contributed by atoms with Gasteiger partial charge in [0.15, 0.2) is 0 Å². The van der Waals surface area contributed by atoms with Crippen molar-refractivity contribution < 1.29 is 13.9 Å². The molecular formula is C21H17FN2O2. The van der Waals surface area contributed by atoms with E-state index in [-0.39, 0.29) is 5.56 Å². The molecule has 0 atom stereocenters. The van der Waals surface area contributed by atoms with E-state index in [0.717, 1.165) is 22.9 Å². The minimum Gasteiger partial charge on any atom is -0.489 e. The van der Waals surface area contributed by atoms with Crippen molar-refractivity contribution in [2.75, 3.05) is 0 Å². The number of rotatable bonds is 6. The third kappa shape index (κ3) is 5.01. The summed E-state index contributed by atoms with van der Waals surface area (Å²) < 4.78 is 18.8. The van der Waals surface area contributed by atoms with Crippen LogP contribution in [0.4, 0.5) is 4.39 Å². The van der Waals surface area contributed by atoms with Gasteiger partial charge in [0.05, 0.1) is 6.21 Å². The highest BCUT2D eigenvalue weighted by atomic mass is 19.1. The van der Waals surface area contributed by atoms with E-state index >= 15 is 0 Å². The lowest BCUT2D eigenvalue weighted by molar-refractivity contribution is 0.0954. The zero-order valence-corrected chi connectivity index (χ0v) is 13.9. The van der Waals surface area contributed by atoms with Crippen molar-refractivity contribution in [2.45, 2.75) is 6.61 Å². The quantitative estimate of drug-likeness (QED) is 0.537. The van der Waals surface area contributed by atoms with Crippen molar-refractivity contribution in [1.82, 2.24) is 5.43 Å². The Morgan fingerprint density at radius 2 is 1.77 bits per heavy atom. The second-order valence-corrected chi connectivity index (χ2v) is 5.55. The third-order valence-corrected chi connectivity index (χ3v) is 3.59. The first kappa shape index (κ1) is 17.4. The predicted molar refractivity (Wildman–Crippen MR) is 98.7 cm³/mol. The van der Waals surface area contributed by atoms with Crippen LogP contribution in [0.1, 0.15) is 21.5 Å². The number of carbonyl (C=O) groups excluding carboxylic acids is 1. The minimum absolute atomic E-state index is 0.215. The third-order valence-electron chi connectivity index (χ3n) is 3.59. The summed E-state index contributed by atoms with van der Waals surface area (Å²) >= 11 is 0. The van der Waals surface area contributed by atoms with Gasteiger partial charge in [-0.25, -0.2) is 9.82 Å². The number of hydrazone groups is 1. The van der Waals surface area contributed by atoms with Crippen LogP contribution in [0.2, 0.25) is 0 Å². The number of nitrogens with zero attached hydrogens (tertiary/aromatic N) is 1. The lowest BCUT2D eigenvalue weighted by Gasteiger charge is -2.06. The molecule has 0 radical (unpaired) electrons.